The van der Waals surface area contributed by atoms with E-state index in [1.807, 2.05) is 35.8 Å². The number of carbonyl (C=O) groups excluding carboxylic acids is 1. The Hall–Kier alpha value is -2.49. The maximum Gasteiger partial charge on any atom is 0.156 e. The number of halogens is 1. The largest absolute Gasteiger partial charge is 0.321 e. The van der Waals surface area contributed by atoms with Crippen molar-refractivity contribution in [1.29, 1.82) is 0 Å². The third kappa shape index (κ3) is 2.84. The highest BCUT2D eigenvalue weighted by Crippen LogP contribution is 2.15. The molecule has 3 aromatic rings. The summed E-state index contributed by atoms with van der Waals surface area (Å²) >= 11 is 0. The van der Waals surface area contributed by atoms with E-state index in [1.165, 1.54) is 12.1 Å². The fourth-order valence-corrected chi connectivity index (χ4v) is 2.46. The van der Waals surface area contributed by atoms with E-state index >= 15 is 0 Å². The molecule has 0 aliphatic heterocycles. The number of ketones is 1. The zero-order valence-electron chi connectivity index (χ0n) is 11.7. The molecule has 3 rings (SSSR count). The minimum atomic E-state index is -0.289. The summed E-state index contributed by atoms with van der Waals surface area (Å²) in [6.07, 6.45) is 0.298. The number of aromatic nitrogens is 2. The monoisotopic (exact) mass is 282 g/mol. The Balaban J connectivity index is 1.80. The molecule has 0 unspecified atom stereocenters. The van der Waals surface area contributed by atoms with Crippen LogP contribution in [0.5, 0.6) is 0 Å². The van der Waals surface area contributed by atoms with Crippen LogP contribution in [0.15, 0.2) is 48.5 Å². The molecule has 21 heavy (non-hydrogen) atoms. The number of hydrogen-bond acceptors (Lipinski definition) is 2. The van der Waals surface area contributed by atoms with Crippen molar-refractivity contribution in [3.63, 3.8) is 0 Å². The van der Waals surface area contributed by atoms with Gasteiger partial charge in [0.15, 0.2) is 5.78 Å². The summed E-state index contributed by atoms with van der Waals surface area (Å²) < 4.78 is 14.8. The quantitative estimate of drug-likeness (QED) is 0.736. The lowest BCUT2D eigenvalue weighted by atomic mass is 10.1. The fourth-order valence-electron chi connectivity index (χ4n) is 2.46. The van der Waals surface area contributed by atoms with E-state index < -0.39 is 0 Å². The number of carbonyl (C=O) groups is 1. The molecule has 0 aliphatic rings. The van der Waals surface area contributed by atoms with E-state index in [2.05, 4.69) is 4.98 Å². The van der Waals surface area contributed by atoms with E-state index in [0.29, 0.717) is 6.42 Å². The van der Waals surface area contributed by atoms with Crippen molar-refractivity contribution in [2.24, 2.45) is 0 Å². The van der Waals surface area contributed by atoms with Crippen molar-refractivity contribution in [2.75, 3.05) is 0 Å². The first kappa shape index (κ1) is 13.5. The van der Waals surface area contributed by atoms with Gasteiger partial charge in [0.1, 0.15) is 11.6 Å². The predicted octanol–water partition coefficient (Wildman–Crippen LogP) is 3.30. The van der Waals surface area contributed by atoms with Crippen molar-refractivity contribution in [3.05, 3.63) is 65.7 Å². The molecule has 0 radical (unpaired) electrons. The number of nitrogens with zero attached hydrogens (tertiary/aromatic N) is 2. The molecule has 0 amide bonds. The third-order valence-electron chi connectivity index (χ3n) is 3.49. The Morgan fingerprint density at radius 3 is 2.62 bits per heavy atom. The van der Waals surface area contributed by atoms with E-state index in [4.69, 9.17) is 0 Å². The lowest BCUT2D eigenvalue weighted by molar-refractivity contribution is -0.118. The molecule has 0 fully saturated rings. The Bertz CT molecular complexity index is 790. The normalized spacial score (nSPS) is 11.0. The van der Waals surface area contributed by atoms with Gasteiger partial charge in [-0.1, -0.05) is 24.3 Å². The van der Waals surface area contributed by atoms with Crippen LogP contribution in [0.1, 0.15) is 11.4 Å². The summed E-state index contributed by atoms with van der Waals surface area (Å²) in [5.74, 6) is 0.610. The highest BCUT2D eigenvalue weighted by Gasteiger charge is 2.11. The SMILES string of the molecule is Cc1nc2ccccc2n1CC(=O)Cc1ccc(F)cc1. The average molecular weight is 282 g/mol. The van der Waals surface area contributed by atoms with Gasteiger partial charge in [-0.05, 0) is 36.8 Å². The van der Waals surface area contributed by atoms with Crippen molar-refractivity contribution >= 4 is 16.8 Å². The first-order valence-electron chi connectivity index (χ1n) is 6.81. The number of hydrogen-bond donors (Lipinski definition) is 0. The van der Waals surface area contributed by atoms with E-state index in [9.17, 15) is 9.18 Å². The molecule has 0 spiro atoms. The summed E-state index contributed by atoms with van der Waals surface area (Å²) in [4.78, 5) is 16.7. The van der Waals surface area contributed by atoms with E-state index in [1.54, 1.807) is 12.1 Å². The van der Waals surface area contributed by atoms with Gasteiger partial charge in [-0.15, -0.1) is 0 Å². The number of imidazole rings is 1. The van der Waals surface area contributed by atoms with Crippen LogP contribution in [0.4, 0.5) is 4.39 Å². The highest BCUT2D eigenvalue weighted by atomic mass is 19.1. The van der Waals surface area contributed by atoms with Gasteiger partial charge >= 0.3 is 0 Å². The second-order valence-corrected chi connectivity index (χ2v) is 5.08. The number of para-hydroxylation sites is 2. The maximum absolute atomic E-state index is 12.9. The molecule has 0 saturated carbocycles. The first-order chi connectivity index (χ1) is 10.1. The number of fused-ring (bicyclic) bond motifs is 1. The topological polar surface area (TPSA) is 34.9 Å². The van der Waals surface area contributed by atoms with Crippen LogP contribution in [0.3, 0.4) is 0 Å². The summed E-state index contributed by atoms with van der Waals surface area (Å²) in [7, 11) is 0. The van der Waals surface area contributed by atoms with E-state index in [-0.39, 0.29) is 18.1 Å². The highest BCUT2D eigenvalue weighted by molar-refractivity contribution is 5.83. The van der Waals surface area contributed by atoms with Crippen LogP contribution in [0.2, 0.25) is 0 Å². The van der Waals surface area contributed by atoms with Gasteiger partial charge in [-0.25, -0.2) is 9.37 Å². The van der Waals surface area contributed by atoms with Crippen LogP contribution in [-0.4, -0.2) is 15.3 Å². The minimum Gasteiger partial charge on any atom is -0.321 e. The number of aryl methyl sites for hydroxylation is 1. The van der Waals surface area contributed by atoms with Gasteiger partial charge < -0.3 is 4.57 Å². The van der Waals surface area contributed by atoms with Crippen LogP contribution in [0, 0.1) is 12.7 Å². The number of rotatable bonds is 4. The van der Waals surface area contributed by atoms with Crippen molar-refractivity contribution in [2.45, 2.75) is 19.9 Å². The molecule has 1 aromatic heterocycles. The molecule has 0 aliphatic carbocycles. The second kappa shape index (κ2) is 5.48. The molecule has 2 aromatic carbocycles. The maximum atomic E-state index is 12.9. The zero-order valence-corrected chi connectivity index (χ0v) is 11.7. The Morgan fingerprint density at radius 2 is 1.86 bits per heavy atom. The lowest BCUT2D eigenvalue weighted by Gasteiger charge is -2.06. The average Bonchev–Trinajstić information content (AvgIpc) is 2.78. The summed E-state index contributed by atoms with van der Waals surface area (Å²) in [6, 6.07) is 13.8. The smallest absolute Gasteiger partial charge is 0.156 e. The van der Waals surface area contributed by atoms with Crippen molar-refractivity contribution < 1.29 is 9.18 Å². The zero-order chi connectivity index (χ0) is 14.8. The van der Waals surface area contributed by atoms with Crippen molar-refractivity contribution in [1.82, 2.24) is 9.55 Å². The van der Waals surface area contributed by atoms with Crippen molar-refractivity contribution in [3.8, 4) is 0 Å². The minimum absolute atomic E-state index is 0.0767. The second-order valence-electron chi connectivity index (χ2n) is 5.08. The van der Waals surface area contributed by atoms with Crippen LogP contribution < -0.4 is 0 Å². The van der Waals surface area contributed by atoms with Gasteiger partial charge in [0, 0.05) is 6.42 Å². The van der Waals surface area contributed by atoms with Crippen LogP contribution >= 0.6 is 0 Å². The van der Waals surface area contributed by atoms with Crippen LogP contribution in [-0.2, 0) is 17.8 Å². The van der Waals surface area contributed by atoms with Gasteiger partial charge in [-0.3, -0.25) is 4.79 Å². The summed E-state index contributed by atoms with van der Waals surface area (Å²) in [5.41, 5.74) is 2.68. The standard InChI is InChI=1S/C17H15FN2O/c1-12-19-16-4-2-3-5-17(16)20(12)11-15(21)10-13-6-8-14(18)9-7-13/h2-9H,10-11H2,1H3. The molecule has 0 atom stereocenters. The molecular formula is C17H15FN2O. The third-order valence-corrected chi connectivity index (χ3v) is 3.49. The molecular weight excluding hydrogens is 267 g/mol. The summed E-state index contributed by atoms with van der Waals surface area (Å²) in [5, 5.41) is 0. The molecule has 0 N–H and O–H groups in total. The van der Waals surface area contributed by atoms with Gasteiger partial charge in [-0.2, -0.15) is 0 Å². The Morgan fingerprint density at radius 1 is 1.14 bits per heavy atom. The Labute approximate surface area is 122 Å². The van der Waals surface area contributed by atoms with E-state index in [0.717, 1.165) is 22.4 Å². The number of benzene rings is 2. The molecule has 106 valence electrons. The van der Waals surface area contributed by atoms with Gasteiger partial charge in [0.25, 0.3) is 0 Å². The molecule has 0 bridgehead atoms. The Kier molecular flexibility index (Phi) is 3.52. The molecule has 3 nitrogen and oxygen atoms in total. The number of Topliss-reactive ketones (excluding diaryl/α,β-unsaturated/α-hetero) is 1. The first-order valence-corrected chi connectivity index (χ1v) is 6.81. The summed E-state index contributed by atoms with van der Waals surface area (Å²) in [6.45, 7) is 2.18. The molecule has 0 saturated heterocycles. The van der Waals surface area contributed by atoms with Gasteiger partial charge in [0.05, 0.1) is 17.6 Å². The van der Waals surface area contributed by atoms with Gasteiger partial charge in [0.2, 0.25) is 0 Å². The molecule has 1 heterocycles. The molecule has 4 heteroatoms. The van der Waals surface area contributed by atoms with Crippen LogP contribution in [0.25, 0.3) is 11.0 Å². The predicted molar refractivity (Wildman–Crippen MR) is 79.6 cm³/mol. The fraction of sp³-hybridized carbons (Fsp3) is 0.176. The lowest BCUT2D eigenvalue weighted by Crippen LogP contribution is -2.13.